The van der Waals surface area contributed by atoms with Crippen molar-refractivity contribution < 1.29 is 46.1 Å². The molecule has 0 spiro atoms. The van der Waals surface area contributed by atoms with E-state index in [0.29, 0.717) is 0 Å². The van der Waals surface area contributed by atoms with E-state index in [1.165, 1.54) is 33.6 Å². The van der Waals surface area contributed by atoms with Crippen LogP contribution in [-0.2, 0) is 43.0 Å². The molecule has 0 radical (unpaired) electrons. The molecule has 8 aromatic rings. The molecule has 4 heterocycles. The Morgan fingerprint density at radius 3 is 0.910 bits per heavy atom. The monoisotopic (exact) mass is 1130 g/mol. The first-order valence-electron chi connectivity index (χ1n) is 20.8. The van der Waals surface area contributed by atoms with Crippen molar-refractivity contribution in [3.8, 4) is 23.0 Å². The van der Waals surface area contributed by atoms with Crippen molar-refractivity contribution in [3.05, 3.63) is 181 Å². The van der Waals surface area contributed by atoms with Crippen LogP contribution in [0.3, 0.4) is 0 Å². The van der Waals surface area contributed by atoms with E-state index in [4.69, 9.17) is 0 Å². The second-order valence-corrected chi connectivity index (χ2v) is 21.8. The zero-order valence-corrected chi connectivity index (χ0v) is 42.8. The van der Waals surface area contributed by atoms with Gasteiger partial charge in [0.25, 0.3) is 0 Å². The summed E-state index contributed by atoms with van der Waals surface area (Å²) in [4.78, 5) is 14.7. The van der Waals surface area contributed by atoms with Crippen molar-refractivity contribution in [3.63, 3.8) is 0 Å². The zero-order chi connectivity index (χ0) is 48.1. The number of aromatic nitrogens is 8. The predicted octanol–water partition coefficient (Wildman–Crippen LogP) is 10.6. The van der Waals surface area contributed by atoms with Gasteiger partial charge in [0.1, 0.15) is 0 Å². The van der Waals surface area contributed by atoms with E-state index in [2.05, 4.69) is 175 Å². The van der Waals surface area contributed by atoms with Crippen molar-refractivity contribution in [1.82, 2.24) is 40.3 Å². The topological polar surface area (TPSA) is 106 Å². The van der Waals surface area contributed by atoms with Gasteiger partial charge < -0.3 is 20.2 Å². The molecular weight excluding hydrogens is 1080 g/mol. The van der Waals surface area contributed by atoms with Crippen LogP contribution in [0.5, 0.6) is 0 Å². The van der Waals surface area contributed by atoms with Crippen molar-refractivity contribution in [2.45, 2.75) is 64.7 Å². The van der Waals surface area contributed by atoms with Gasteiger partial charge in [-0.15, -0.1) is 0 Å². The fraction of sp³-hybridized carbons (Fsp3) is 0.240. The first-order valence-corrected chi connectivity index (χ1v) is 24.8. The average Bonchev–Trinajstić information content (AvgIpc) is 4.03. The first kappa shape index (κ1) is 54.1. The van der Waals surface area contributed by atoms with Crippen LogP contribution in [0, 0.1) is 0 Å². The molecule has 8 rings (SSSR count). The third kappa shape index (κ3) is 16.4. The van der Waals surface area contributed by atoms with E-state index in [1.54, 1.807) is 12.1 Å². The van der Waals surface area contributed by atoms with Gasteiger partial charge in [-0.1, -0.05) is 114 Å². The maximum absolute atomic E-state index is 12.4. The second-order valence-electron chi connectivity index (χ2n) is 17.0. The summed E-state index contributed by atoms with van der Waals surface area (Å²) in [5.41, 5.74) is 2.19. The van der Waals surface area contributed by atoms with Gasteiger partial charge >= 0.3 is 32.1 Å². The Labute approximate surface area is 403 Å². The minimum absolute atomic E-state index is 0. The van der Waals surface area contributed by atoms with Crippen LogP contribution in [0.25, 0.3) is 23.0 Å². The van der Waals surface area contributed by atoms with E-state index in [9.17, 15) is 26.3 Å². The largest absolute Gasteiger partial charge is 2.00 e. The van der Waals surface area contributed by atoms with E-state index < -0.39 is 39.8 Å². The average molecular weight is 1130 g/mol. The van der Waals surface area contributed by atoms with Crippen molar-refractivity contribution in [2.24, 2.45) is 0 Å². The number of halogens is 6. The quantitative estimate of drug-likeness (QED) is 0.120. The summed E-state index contributed by atoms with van der Waals surface area (Å²) in [5.74, 6) is -2.72. The molecule has 4 aromatic heterocycles. The molecule has 0 bridgehead atoms. The Bertz CT molecular complexity index is 2420. The molecule has 4 aromatic carbocycles. The van der Waals surface area contributed by atoms with Crippen molar-refractivity contribution in [1.29, 1.82) is 0 Å². The van der Waals surface area contributed by atoms with Crippen LogP contribution in [0.1, 0.15) is 64.3 Å². The Kier molecular flexibility index (Phi) is 19.4. The third-order valence-electron chi connectivity index (χ3n) is 9.95. The molecule has 350 valence electrons. The smallest absolute Gasteiger partial charge is 0.413 e. The minimum Gasteiger partial charge on any atom is -0.413 e. The van der Waals surface area contributed by atoms with Gasteiger partial charge in [-0.25, -0.2) is 0 Å². The Morgan fingerprint density at radius 2 is 0.687 bits per heavy atom. The number of hydrogen-bond donors (Lipinski definition) is 0. The molecule has 0 unspecified atom stereocenters. The standard InChI is InChI=1S/2C13H13P.2C12H12F3N4.Os/c2*1-14(12-8-4-2-5-9-12)13-10-6-3-7-11-13;2*1-11(2,3)7-4-5-16-8(6-7)9-17-10(19-18-9)12(13,14)15;/h2*2-11H,1H3;2*4-6H,1-3H3;/q;;2*-1;+2/p+2. The summed E-state index contributed by atoms with van der Waals surface area (Å²) in [5, 5.41) is 18.8. The number of hydrogen-bond acceptors (Lipinski definition) is 6. The van der Waals surface area contributed by atoms with Gasteiger partial charge in [-0.2, -0.15) is 26.3 Å². The van der Waals surface area contributed by atoms with Crippen molar-refractivity contribution >= 4 is 37.1 Å². The molecule has 67 heavy (non-hydrogen) atoms. The minimum atomic E-state index is -4.59. The first-order chi connectivity index (χ1) is 31.1. The molecule has 0 amide bonds. The van der Waals surface area contributed by atoms with Crippen LogP contribution in [0.4, 0.5) is 26.3 Å². The zero-order valence-electron chi connectivity index (χ0n) is 38.2. The molecule has 0 aliphatic heterocycles. The fourth-order valence-corrected chi connectivity index (χ4v) is 9.50. The van der Waals surface area contributed by atoms with Gasteiger partial charge in [0.05, 0.1) is 73.4 Å². The molecule has 17 heteroatoms. The van der Waals surface area contributed by atoms with E-state index >= 15 is 0 Å². The Balaban J connectivity index is 0.000000196. The fourth-order valence-electron chi connectivity index (χ4n) is 6.06. The molecule has 0 fully saturated rings. The molecule has 0 saturated carbocycles. The third-order valence-corrected chi connectivity index (χ3v) is 14.7. The summed E-state index contributed by atoms with van der Waals surface area (Å²) in [7, 11) is -1.09. The van der Waals surface area contributed by atoms with E-state index in [-0.39, 0.29) is 53.7 Å². The number of alkyl halides is 6. The van der Waals surface area contributed by atoms with Crippen LogP contribution >= 0.6 is 15.8 Å². The SMILES string of the molecule is CC(C)(C)c1ccnc(-c2n[n-]c(C(F)(F)F)n2)c1.CC(C)(C)c1ccnc(-c2n[n-]c(C(F)(F)F)n2)c1.C[PH+](c1ccccc1)c1ccccc1.C[PH+](c1ccccc1)c1ccccc1.[Os+2]. The van der Waals surface area contributed by atoms with Crippen LogP contribution in [0.15, 0.2) is 158 Å². The Morgan fingerprint density at radius 1 is 0.418 bits per heavy atom. The summed E-state index contributed by atoms with van der Waals surface area (Å²) < 4.78 is 74.4. The molecule has 0 saturated heterocycles. The number of benzene rings is 4. The molecule has 0 aliphatic carbocycles. The predicted molar refractivity (Wildman–Crippen MR) is 257 cm³/mol. The second kappa shape index (κ2) is 24.0. The molecule has 0 aliphatic rings. The summed E-state index contributed by atoms with van der Waals surface area (Å²) >= 11 is 0. The molecule has 0 atom stereocenters. The van der Waals surface area contributed by atoms with Gasteiger partial charge in [-0.3, -0.25) is 20.2 Å². The van der Waals surface area contributed by atoms with Gasteiger partial charge in [0, 0.05) is 24.0 Å². The van der Waals surface area contributed by atoms with E-state index in [0.717, 1.165) is 11.1 Å². The van der Waals surface area contributed by atoms with E-state index in [1.807, 2.05) is 53.7 Å². The van der Waals surface area contributed by atoms with Crippen LogP contribution in [0.2, 0.25) is 0 Å². The maximum Gasteiger partial charge on any atom is 2.00 e. The molecular formula is C50H52F6N8OsP2+2. The van der Waals surface area contributed by atoms with Crippen molar-refractivity contribution in [2.75, 3.05) is 13.3 Å². The molecule has 8 nitrogen and oxygen atoms in total. The maximum atomic E-state index is 12.4. The Hall–Kier alpha value is -5.46. The molecule has 0 N–H and O–H groups in total. The normalized spacial score (nSPS) is 11.6. The summed E-state index contributed by atoms with van der Waals surface area (Å²) in [6, 6.07) is 50.0. The van der Waals surface area contributed by atoms with Gasteiger partial charge in [0.2, 0.25) is 0 Å². The number of pyridine rings is 2. The van der Waals surface area contributed by atoms with Gasteiger partial charge in [0.15, 0.2) is 0 Å². The number of rotatable bonds is 6. The summed E-state index contributed by atoms with van der Waals surface area (Å²) in [6.07, 6.45) is -6.13. The van der Waals surface area contributed by atoms with Gasteiger partial charge in [-0.05, 0) is 94.8 Å². The van der Waals surface area contributed by atoms with Crippen LogP contribution < -0.4 is 31.4 Å². The number of nitrogens with zero attached hydrogens (tertiary/aromatic N) is 8. The van der Waals surface area contributed by atoms with Crippen LogP contribution in [-0.4, -0.2) is 43.5 Å². The summed E-state index contributed by atoms with van der Waals surface area (Å²) in [6.45, 7) is 16.7.